The molecule has 1 aromatic heterocycles. The summed E-state index contributed by atoms with van der Waals surface area (Å²) >= 11 is 7.34. The van der Waals surface area contributed by atoms with Gasteiger partial charge in [0.25, 0.3) is 5.91 Å². The Labute approximate surface area is 135 Å². The van der Waals surface area contributed by atoms with Crippen LogP contribution >= 0.6 is 22.9 Å². The number of amides is 2. The van der Waals surface area contributed by atoms with E-state index < -0.39 is 11.9 Å². The fraction of sp³-hybridized carbons (Fsp3) is 0.333. The largest absolute Gasteiger partial charge is 0.354 e. The molecule has 116 valence electrons. The number of carbonyl (C=O) groups is 2. The van der Waals surface area contributed by atoms with Gasteiger partial charge in [0.15, 0.2) is 0 Å². The first-order valence-electron chi connectivity index (χ1n) is 7.02. The van der Waals surface area contributed by atoms with Crippen LogP contribution in [0.2, 0.25) is 5.02 Å². The van der Waals surface area contributed by atoms with E-state index in [-0.39, 0.29) is 11.7 Å². The molecule has 1 unspecified atom stereocenters. The van der Waals surface area contributed by atoms with Gasteiger partial charge >= 0.3 is 0 Å². The predicted octanol–water partition coefficient (Wildman–Crippen LogP) is 3.09. The Kier molecular flexibility index (Phi) is 4.31. The number of fused-ring (bicyclic) bond motifs is 1. The minimum Gasteiger partial charge on any atom is -0.354 e. The van der Waals surface area contributed by atoms with E-state index >= 15 is 0 Å². The van der Waals surface area contributed by atoms with Crippen molar-refractivity contribution in [2.24, 2.45) is 0 Å². The van der Waals surface area contributed by atoms with Gasteiger partial charge in [0.05, 0.1) is 5.02 Å². The van der Waals surface area contributed by atoms with Crippen molar-refractivity contribution in [3.05, 3.63) is 33.9 Å². The molecule has 0 saturated carbocycles. The zero-order chi connectivity index (χ0) is 15.7. The topological polar surface area (TPSA) is 58.2 Å². The lowest BCUT2D eigenvalue weighted by molar-refractivity contribution is -0.122. The third kappa shape index (κ3) is 2.94. The van der Waals surface area contributed by atoms with Crippen LogP contribution in [-0.4, -0.2) is 24.4 Å². The van der Waals surface area contributed by atoms with Crippen LogP contribution in [0.5, 0.6) is 0 Å². The lowest BCUT2D eigenvalue weighted by Crippen LogP contribution is -2.45. The minimum absolute atomic E-state index is 0.172. The number of nitrogens with one attached hydrogen (secondary N) is 2. The lowest BCUT2D eigenvalue weighted by atomic mass is 10.1. The second-order valence-electron chi connectivity index (χ2n) is 5.20. The third-order valence-electron chi connectivity index (χ3n) is 3.64. The summed E-state index contributed by atoms with van der Waals surface area (Å²) in [6.07, 6.45) is 2.38. The Morgan fingerprint density at radius 3 is 3.05 bits per heavy atom. The van der Waals surface area contributed by atoms with Crippen LogP contribution < -0.4 is 10.6 Å². The van der Waals surface area contributed by atoms with Crippen LogP contribution in [-0.2, 0) is 4.79 Å². The highest BCUT2D eigenvalue weighted by Crippen LogP contribution is 2.35. The van der Waals surface area contributed by atoms with Gasteiger partial charge in [-0.2, -0.15) is 0 Å². The highest BCUT2D eigenvalue weighted by Gasteiger charge is 2.25. The average molecular weight is 341 g/mol. The van der Waals surface area contributed by atoms with Crippen molar-refractivity contribution in [1.29, 1.82) is 0 Å². The molecule has 1 aromatic carbocycles. The Balaban J connectivity index is 1.85. The predicted molar refractivity (Wildman–Crippen MR) is 84.9 cm³/mol. The summed E-state index contributed by atoms with van der Waals surface area (Å²) in [6.45, 7) is 0.633. The van der Waals surface area contributed by atoms with Crippen molar-refractivity contribution >= 4 is 44.8 Å². The number of benzene rings is 1. The van der Waals surface area contributed by atoms with Gasteiger partial charge in [-0.25, -0.2) is 4.39 Å². The Morgan fingerprint density at radius 2 is 2.23 bits per heavy atom. The minimum atomic E-state index is -0.548. The quantitative estimate of drug-likeness (QED) is 0.882. The molecule has 2 N–H and O–H groups in total. The zero-order valence-corrected chi connectivity index (χ0v) is 13.2. The van der Waals surface area contributed by atoms with Crippen LogP contribution in [0, 0.1) is 5.82 Å². The summed E-state index contributed by atoms with van der Waals surface area (Å²) in [6, 6.07) is 3.66. The standard InChI is InChI=1S/C15H14ClFN2O2S/c16-12-9-5-4-8(17)7-11(9)22-13(12)15(21)19-10-3-1-2-6-18-14(10)20/h4-5,7,10H,1-3,6H2,(H,18,20)(H,19,21). The van der Waals surface area contributed by atoms with Gasteiger partial charge in [0.1, 0.15) is 16.7 Å². The number of carbonyl (C=O) groups excluding carboxylic acids is 2. The van der Waals surface area contributed by atoms with Gasteiger partial charge in [0.2, 0.25) is 5.91 Å². The zero-order valence-electron chi connectivity index (χ0n) is 11.6. The molecule has 0 radical (unpaired) electrons. The molecule has 2 amide bonds. The summed E-state index contributed by atoms with van der Waals surface area (Å²) in [5, 5.41) is 6.43. The normalized spacial score (nSPS) is 18.8. The monoisotopic (exact) mass is 340 g/mol. The van der Waals surface area contributed by atoms with Crippen LogP contribution in [0.15, 0.2) is 18.2 Å². The molecular weight excluding hydrogens is 327 g/mol. The van der Waals surface area contributed by atoms with E-state index in [1.807, 2.05) is 0 Å². The number of halogens is 2. The van der Waals surface area contributed by atoms with E-state index in [9.17, 15) is 14.0 Å². The van der Waals surface area contributed by atoms with Gasteiger partial charge in [-0.1, -0.05) is 11.6 Å². The Bertz CT molecular complexity index is 746. The van der Waals surface area contributed by atoms with Crippen molar-refractivity contribution in [2.45, 2.75) is 25.3 Å². The van der Waals surface area contributed by atoms with Crippen LogP contribution in [0.1, 0.15) is 28.9 Å². The molecular formula is C15H14ClFN2O2S. The van der Waals surface area contributed by atoms with E-state index in [1.165, 1.54) is 12.1 Å². The molecule has 3 rings (SSSR count). The Morgan fingerprint density at radius 1 is 1.41 bits per heavy atom. The van der Waals surface area contributed by atoms with E-state index in [4.69, 9.17) is 11.6 Å². The maximum absolute atomic E-state index is 13.3. The molecule has 2 heterocycles. The first kappa shape index (κ1) is 15.2. The Hall–Kier alpha value is -1.66. The van der Waals surface area contributed by atoms with Crippen molar-refractivity contribution in [3.63, 3.8) is 0 Å². The van der Waals surface area contributed by atoms with Gasteiger partial charge in [-0.05, 0) is 37.5 Å². The van der Waals surface area contributed by atoms with Crippen molar-refractivity contribution in [2.75, 3.05) is 6.54 Å². The molecule has 0 aliphatic carbocycles. The van der Waals surface area contributed by atoms with E-state index in [1.54, 1.807) is 6.07 Å². The molecule has 22 heavy (non-hydrogen) atoms. The smallest absolute Gasteiger partial charge is 0.263 e. The first-order valence-corrected chi connectivity index (χ1v) is 8.22. The molecule has 4 nitrogen and oxygen atoms in total. The summed E-state index contributed by atoms with van der Waals surface area (Å²) < 4.78 is 13.9. The molecule has 1 atom stereocenters. The summed E-state index contributed by atoms with van der Waals surface area (Å²) in [5.41, 5.74) is 0. The molecule has 1 aliphatic rings. The SMILES string of the molecule is O=C(NC1CCCCNC1=O)c1sc2cc(F)ccc2c1Cl. The summed E-state index contributed by atoms with van der Waals surface area (Å²) in [7, 11) is 0. The summed E-state index contributed by atoms with van der Waals surface area (Å²) in [4.78, 5) is 24.6. The van der Waals surface area contributed by atoms with Gasteiger partial charge in [-0.15, -0.1) is 11.3 Å². The number of rotatable bonds is 2. The fourth-order valence-corrected chi connectivity index (χ4v) is 3.93. The number of hydrogen-bond donors (Lipinski definition) is 2. The fourth-order valence-electron chi connectivity index (χ4n) is 2.49. The highest BCUT2D eigenvalue weighted by atomic mass is 35.5. The lowest BCUT2D eigenvalue weighted by Gasteiger charge is -2.14. The van der Waals surface area contributed by atoms with E-state index in [2.05, 4.69) is 10.6 Å². The van der Waals surface area contributed by atoms with E-state index in [0.29, 0.717) is 33.0 Å². The second kappa shape index (κ2) is 6.22. The summed E-state index contributed by atoms with van der Waals surface area (Å²) in [5.74, 6) is -0.941. The van der Waals surface area contributed by atoms with Crippen molar-refractivity contribution in [3.8, 4) is 0 Å². The average Bonchev–Trinajstić information content (AvgIpc) is 2.67. The van der Waals surface area contributed by atoms with Crippen molar-refractivity contribution in [1.82, 2.24) is 10.6 Å². The van der Waals surface area contributed by atoms with Gasteiger partial charge < -0.3 is 10.6 Å². The maximum atomic E-state index is 13.3. The second-order valence-corrected chi connectivity index (χ2v) is 6.63. The van der Waals surface area contributed by atoms with Crippen LogP contribution in [0.3, 0.4) is 0 Å². The molecule has 0 spiro atoms. The van der Waals surface area contributed by atoms with Gasteiger partial charge in [0, 0.05) is 16.6 Å². The van der Waals surface area contributed by atoms with Crippen LogP contribution in [0.4, 0.5) is 4.39 Å². The molecule has 7 heteroatoms. The molecule has 2 aromatic rings. The highest BCUT2D eigenvalue weighted by molar-refractivity contribution is 7.21. The molecule has 0 bridgehead atoms. The van der Waals surface area contributed by atoms with E-state index in [0.717, 1.165) is 24.2 Å². The number of thiophene rings is 1. The molecule has 1 aliphatic heterocycles. The van der Waals surface area contributed by atoms with Crippen LogP contribution in [0.25, 0.3) is 10.1 Å². The molecule has 1 saturated heterocycles. The van der Waals surface area contributed by atoms with Gasteiger partial charge in [-0.3, -0.25) is 9.59 Å². The number of hydrogen-bond acceptors (Lipinski definition) is 3. The third-order valence-corrected chi connectivity index (χ3v) is 5.29. The maximum Gasteiger partial charge on any atom is 0.263 e. The molecule has 1 fully saturated rings. The first-order chi connectivity index (χ1) is 10.6. The van der Waals surface area contributed by atoms with Crippen molar-refractivity contribution < 1.29 is 14.0 Å².